The molecule has 5 aliphatic rings. The summed E-state index contributed by atoms with van der Waals surface area (Å²) in [6, 6.07) is 0.147. The van der Waals surface area contributed by atoms with Gasteiger partial charge >= 0.3 is 0 Å². The Morgan fingerprint density at radius 3 is 2.48 bits per heavy atom. The van der Waals surface area contributed by atoms with Crippen molar-refractivity contribution >= 4 is 11.9 Å². The maximum atomic E-state index is 13.4. The standard InChI is InChI=1S/C24H36N4O3/c1-23(2,30)13-26-22-25-12-18(20(28-22)15-5-3-4-6-15)21(29)27-19-16-7-14-8-17(19)11-24(31,9-14)10-16/h12,14-17,19,30-31H,3-11,13H2,1-2H3,(H,27,29)(H,25,26,28)/t14?,16-,17+,19?,24?. The largest absolute Gasteiger partial charge is 0.390 e. The van der Waals surface area contributed by atoms with Gasteiger partial charge in [0.15, 0.2) is 0 Å². The second kappa shape index (κ2) is 7.69. The molecule has 5 atom stereocenters. The van der Waals surface area contributed by atoms with E-state index in [9.17, 15) is 15.0 Å². The minimum atomic E-state index is -0.865. The van der Waals surface area contributed by atoms with Gasteiger partial charge < -0.3 is 20.8 Å². The summed E-state index contributed by atoms with van der Waals surface area (Å²) in [5, 5.41) is 27.3. The van der Waals surface area contributed by atoms with Gasteiger partial charge in [-0.2, -0.15) is 0 Å². The van der Waals surface area contributed by atoms with Crippen molar-refractivity contribution in [1.29, 1.82) is 0 Å². The fraction of sp³-hybridized carbons (Fsp3) is 0.792. The van der Waals surface area contributed by atoms with Gasteiger partial charge in [-0.15, -0.1) is 0 Å². The number of aliphatic hydroxyl groups is 2. The highest BCUT2D eigenvalue weighted by atomic mass is 16.3. The number of hydrogen-bond acceptors (Lipinski definition) is 6. The van der Waals surface area contributed by atoms with Crippen LogP contribution in [0.25, 0.3) is 0 Å². The average Bonchev–Trinajstić information content (AvgIpc) is 3.22. The predicted molar refractivity (Wildman–Crippen MR) is 118 cm³/mol. The first-order valence-corrected chi connectivity index (χ1v) is 12.1. The minimum Gasteiger partial charge on any atom is -0.390 e. The van der Waals surface area contributed by atoms with E-state index in [1.165, 1.54) is 0 Å². The van der Waals surface area contributed by atoms with Crippen LogP contribution in [0.15, 0.2) is 6.20 Å². The number of nitrogens with zero attached hydrogens (tertiary/aromatic N) is 2. The summed E-state index contributed by atoms with van der Waals surface area (Å²) in [5.41, 5.74) is 0.0686. The van der Waals surface area contributed by atoms with E-state index in [0.29, 0.717) is 35.8 Å². The van der Waals surface area contributed by atoms with Gasteiger partial charge in [-0.1, -0.05) is 12.8 Å². The van der Waals surface area contributed by atoms with Crippen LogP contribution in [0, 0.1) is 17.8 Å². The quantitative estimate of drug-likeness (QED) is 0.555. The van der Waals surface area contributed by atoms with E-state index in [4.69, 9.17) is 4.98 Å². The monoisotopic (exact) mass is 428 g/mol. The van der Waals surface area contributed by atoms with Crippen molar-refractivity contribution in [3.63, 3.8) is 0 Å². The van der Waals surface area contributed by atoms with Crippen molar-refractivity contribution in [2.75, 3.05) is 11.9 Å². The van der Waals surface area contributed by atoms with Crippen molar-refractivity contribution in [2.24, 2.45) is 17.8 Å². The molecule has 0 radical (unpaired) electrons. The van der Waals surface area contributed by atoms with Crippen LogP contribution in [0.5, 0.6) is 0 Å². The number of hydrogen-bond donors (Lipinski definition) is 4. The van der Waals surface area contributed by atoms with Crippen LogP contribution in [0.2, 0.25) is 0 Å². The molecule has 0 saturated heterocycles. The van der Waals surface area contributed by atoms with Gasteiger partial charge in [-0.3, -0.25) is 4.79 Å². The molecular weight excluding hydrogens is 392 g/mol. The molecule has 0 aromatic carbocycles. The molecule has 31 heavy (non-hydrogen) atoms. The average molecular weight is 429 g/mol. The Hall–Kier alpha value is -1.73. The van der Waals surface area contributed by atoms with Gasteiger partial charge in [0.25, 0.3) is 5.91 Å². The predicted octanol–water partition coefficient (Wildman–Crippen LogP) is 2.99. The Kier molecular flexibility index (Phi) is 5.25. The van der Waals surface area contributed by atoms with Crippen molar-refractivity contribution in [3.05, 3.63) is 17.5 Å². The number of rotatable bonds is 6. The van der Waals surface area contributed by atoms with E-state index >= 15 is 0 Å². The number of nitrogens with one attached hydrogen (secondary N) is 2. The molecule has 7 heteroatoms. The molecular formula is C24H36N4O3. The summed E-state index contributed by atoms with van der Waals surface area (Å²) in [6.45, 7) is 3.82. The van der Waals surface area contributed by atoms with E-state index in [2.05, 4.69) is 15.6 Å². The van der Waals surface area contributed by atoms with Crippen LogP contribution in [0.4, 0.5) is 5.95 Å². The third-order valence-corrected chi connectivity index (χ3v) is 8.02. The number of anilines is 1. The Labute approximate surface area is 184 Å². The van der Waals surface area contributed by atoms with Crippen LogP contribution < -0.4 is 10.6 Å². The topological polar surface area (TPSA) is 107 Å². The first-order chi connectivity index (χ1) is 14.7. The lowest BCUT2D eigenvalue weighted by Crippen LogP contribution is -2.61. The van der Waals surface area contributed by atoms with Gasteiger partial charge in [0.1, 0.15) is 0 Å². The number of carbonyl (C=O) groups excluding carboxylic acids is 1. The molecule has 1 aromatic heterocycles. The summed E-state index contributed by atoms with van der Waals surface area (Å²) in [6.07, 6.45) is 10.9. The zero-order valence-electron chi connectivity index (χ0n) is 18.7. The highest BCUT2D eigenvalue weighted by Crippen LogP contribution is 2.55. The Balaban J connectivity index is 1.35. The molecule has 3 unspecified atom stereocenters. The first-order valence-electron chi connectivity index (χ1n) is 12.1. The van der Waals surface area contributed by atoms with Crippen LogP contribution in [0.3, 0.4) is 0 Å². The second-order valence-electron chi connectivity index (χ2n) is 11.3. The van der Waals surface area contributed by atoms with Crippen LogP contribution in [0.1, 0.15) is 93.6 Å². The second-order valence-corrected chi connectivity index (χ2v) is 11.3. The molecule has 7 nitrogen and oxygen atoms in total. The van der Waals surface area contributed by atoms with Crippen LogP contribution >= 0.6 is 0 Å². The third-order valence-electron chi connectivity index (χ3n) is 8.02. The fourth-order valence-corrected chi connectivity index (χ4v) is 6.91. The summed E-state index contributed by atoms with van der Waals surface area (Å²) in [5.74, 6) is 2.06. The van der Waals surface area contributed by atoms with E-state index in [0.717, 1.165) is 63.5 Å². The molecule has 170 valence electrons. The van der Waals surface area contributed by atoms with E-state index < -0.39 is 11.2 Å². The Morgan fingerprint density at radius 2 is 1.87 bits per heavy atom. The van der Waals surface area contributed by atoms with Gasteiger partial charge in [-0.05, 0) is 76.5 Å². The Morgan fingerprint density at radius 1 is 1.19 bits per heavy atom. The van der Waals surface area contributed by atoms with E-state index in [1.807, 2.05) is 0 Å². The maximum absolute atomic E-state index is 13.4. The highest BCUT2D eigenvalue weighted by molar-refractivity contribution is 5.95. The van der Waals surface area contributed by atoms with Gasteiger partial charge in [-0.25, -0.2) is 9.97 Å². The summed E-state index contributed by atoms with van der Waals surface area (Å²) >= 11 is 0. The van der Waals surface area contributed by atoms with Gasteiger partial charge in [0, 0.05) is 24.7 Å². The molecule has 1 heterocycles. The van der Waals surface area contributed by atoms with E-state index in [1.54, 1.807) is 20.0 Å². The zero-order chi connectivity index (χ0) is 21.8. The fourth-order valence-electron chi connectivity index (χ4n) is 6.91. The first kappa shape index (κ1) is 21.1. The highest BCUT2D eigenvalue weighted by Gasteiger charge is 2.55. The molecule has 5 fully saturated rings. The van der Waals surface area contributed by atoms with Crippen LogP contribution in [-0.4, -0.2) is 49.9 Å². The molecule has 6 rings (SSSR count). The molecule has 4 bridgehead atoms. The smallest absolute Gasteiger partial charge is 0.254 e. The van der Waals surface area contributed by atoms with Crippen LogP contribution in [-0.2, 0) is 0 Å². The lowest BCUT2D eigenvalue weighted by Gasteiger charge is -2.58. The summed E-state index contributed by atoms with van der Waals surface area (Å²) in [7, 11) is 0. The van der Waals surface area contributed by atoms with Crippen molar-refractivity contribution in [2.45, 2.75) is 94.8 Å². The molecule has 4 N–H and O–H groups in total. The SMILES string of the molecule is CC(C)(O)CNc1ncc(C(=O)NC2[C@@H]3CC4C[C@H]2CC(O)(C4)C3)c(C2CCCC2)n1. The number of carbonyl (C=O) groups is 1. The normalized spacial score (nSPS) is 34.8. The molecule has 1 amide bonds. The molecule has 0 aliphatic heterocycles. The number of amides is 1. The Bertz CT molecular complexity index is 830. The van der Waals surface area contributed by atoms with E-state index in [-0.39, 0.29) is 17.9 Å². The summed E-state index contributed by atoms with van der Waals surface area (Å²) < 4.78 is 0. The molecule has 0 spiro atoms. The van der Waals surface area contributed by atoms with Gasteiger partial charge in [0.05, 0.1) is 22.5 Å². The minimum absolute atomic E-state index is 0.0691. The molecule has 5 saturated carbocycles. The lowest BCUT2D eigenvalue weighted by atomic mass is 9.52. The number of aromatic nitrogens is 2. The van der Waals surface area contributed by atoms with Crippen molar-refractivity contribution in [1.82, 2.24) is 15.3 Å². The zero-order valence-corrected chi connectivity index (χ0v) is 18.7. The summed E-state index contributed by atoms with van der Waals surface area (Å²) in [4.78, 5) is 22.5. The van der Waals surface area contributed by atoms with Crippen molar-refractivity contribution < 1.29 is 15.0 Å². The molecule has 5 aliphatic carbocycles. The third kappa shape index (κ3) is 4.31. The molecule has 1 aromatic rings. The lowest BCUT2D eigenvalue weighted by molar-refractivity contribution is -0.136. The van der Waals surface area contributed by atoms with Gasteiger partial charge in [0.2, 0.25) is 5.95 Å². The maximum Gasteiger partial charge on any atom is 0.254 e. The van der Waals surface area contributed by atoms with Crippen molar-refractivity contribution in [3.8, 4) is 0 Å².